The van der Waals surface area contributed by atoms with E-state index in [-0.39, 0.29) is 30.8 Å². The van der Waals surface area contributed by atoms with Gasteiger partial charge in [0, 0.05) is 17.8 Å². The smallest absolute Gasteiger partial charge is 0.484 e. The Morgan fingerprint density at radius 3 is 2.29 bits per heavy atom. The molecular formula is C26H26N2O6. The minimum absolute atomic E-state index is 0.0879. The van der Waals surface area contributed by atoms with Gasteiger partial charge in [0.15, 0.2) is 6.61 Å². The number of carbonyl (C=O) groups is 3. The summed E-state index contributed by atoms with van der Waals surface area (Å²) in [7, 11) is 0. The quantitative estimate of drug-likeness (QED) is 0.359. The second-order valence-corrected chi connectivity index (χ2v) is 7.34. The summed E-state index contributed by atoms with van der Waals surface area (Å²) in [5.74, 6) is 0.334. The average molecular weight is 463 g/mol. The van der Waals surface area contributed by atoms with E-state index in [1.807, 2.05) is 37.3 Å². The molecule has 176 valence electrons. The first-order valence-corrected chi connectivity index (χ1v) is 10.7. The van der Waals surface area contributed by atoms with Crippen LogP contribution in [-0.2, 0) is 16.1 Å². The van der Waals surface area contributed by atoms with Crippen molar-refractivity contribution in [2.75, 3.05) is 18.5 Å². The summed E-state index contributed by atoms with van der Waals surface area (Å²) >= 11 is 0. The molecule has 3 aromatic carbocycles. The van der Waals surface area contributed by atoms with E-state index < -0.39 is 6.16 Å². The van der Waals surface area contributed by atoms with Crippen LogP contribution in [0.1, 0.15) is 28.4 Å². The minimum atomic E-state index is -0.801. The lowest BCUT2D eigenvalue weighted by atomic mass is 10.1. The molecule has 8 heteroatoms. The number of anilines is 1. The Kier molecular flexibility index (Phi) is 8.62. The molecule has 3 rings (SSSR count). The van der Waals surface area contributed by atoms with Crippen molar-refractivity contribution in [3.05, 3.63) is 89.5 Å². The van der Waals surface area contributed by atoms with Gasteiger partial charge in [-0.25, -0.2) is 4.79 Å². The molecule has 0 saturated carbocycles. The number of amides is 2. The molecule has 0 aliphatic heterocycles. The number of hydrogen-bond donors (Lipinski definition) is 2. The third-order valence-electron chi connectivity index (χ3n) is 4.65. The zero-order valence-electron chi connectivity index (χ0n) is 19.0. The Bertz CT molecular complexity index is 1130. The first-order valence-electron chi connectivity index (χ1n) is 10.7. The molecule has 34 heavy (non-hydrogen) atoms. The molecule has 8 nitrogen and oxygen atoms in total. The fourth-order valence-corrected chi connectivity index (χ4v) is 2.92. The summed E-state index contributed by atoms with van der Waals surface area (Å²) in [5.41, 5.74) is 2.91. The number of aryl methyl sites for hydroxylation is 1. The van der Waals surface area contributed by atoms with Gasteiger partial charge in [0.25, 0.3) is 11.8 Å². The molecule has 0 saturated heterocycles. The highest BCUT2D eigenvalue weighted by atomic mass is 16.7. The van der Waals surface area contributed by atoms with Crippen LogP contribution in [0.15, 0.2) is 72.8 Å². The molecule has 0 bridgehead atoms. The van der Waals surface area contributed by atoms with Crippen LogP contribution in [0.3, 0.4) is 0 Å². The predicted molar refractivity (Wildman–Crippen MR) is 127 cm³/mol. The van der Waals surface area contributed by atoms with Gasteiger partial charge in [-0.2, -0.15) is 0 Å². The van der Waals surface area contributed by atoms with Crippen LogP contribution in [0, 0.1) is 6.92 Å². The van der Waals surface area contributed by atoms with Crippen LogP contribution >= 0.6 is 0 Å². The lowest BCUT2D eigenvalue weighted by molar-refractivity contribution is -0.123. The molecule has 0 aliphatic rings. The maximum Gasteiger partial charge on any atom is 0.513 e. The molecular weight excluding hydrogens is 436 g/mol. The van der Waals surface area contributed by atoms with Crippen molar-refractivity contribution in [2.24, 2.45) is 0 Å². The van der Waals surface area contributed by atoms with E-state index in [9.17, 15) is 14.4 Å². The Morgan fingerprint density at radius 2 is 1.59 bits per heavy atom. The van der Waals surface area contributed by atoms with Crippen LogP contribution in [0.4, 0.5) is 10.5 Å². The van der Waals surface area contributed by atoms with E-state index in [0.717, 1.165) is 11.1 Å². The number of nitrogens with one attached hydrogen (secondary N) is 2. The Hall–Kier alpha value is -4.33. The molecule has 0 spiro atoms. The van der Waals surface area contributed by atoms with Crippen molar-refractivity contribution in [1.82, 2.24) is 5.32 Å². The highest BCUT2D eigenvalue weighted by Gasteiger charge is 2.10. The van der Waals surface area contributed by atoms with Crippen molar-refractivity contribution >= 4 is 23.7 Å². The van der Waals surface area contributed by atoms with Gasteiger partial charge in [-0.1, -0.05) is 29.8 Å². The van der Waals surface area contributed by atoms with Gasteiger partial charge < -0.3 is 24.8 Å². The second kappa shape index (κ2) is 12.1. The summed E-state index contributed by atoms with van der Waals surface area (Å²) in [4.78, 5) is 36.0. The Balaban J connectivity index is 1.48. The first kappa shape index (κ1) is 24.3. The predicted octanol–water partition coefficient (Wildman–Crippen LogP) is 4.48. The summed E-state index contributed by atoms with van der Waals surface area (Å²) in [6, 6.07) is 20.7. The van der Waals surface area contributed by atoms with Gasteiger partial charge in [-0.05, 0) is 67.9 Å². The van der Waals surface area contributed by atoms with Crippen LogP contribution in [0.2, 0.25) is 0 Å². The number of benzene rings is 3. The van der Waals surface area contributed by atoms with Crippen molar-refractivity contribution in [1.29, 1.82) is 0 Å². The maximum absolute atomic E-state index is 12.5. The minimum Gasteiger partial charge on any atom is -0.484 e. The molecule has 0 fully saturated rings. The molecule has 0 aromatic heterocycles. The van der Waals surface area contributed by atoms with Gasteiger partial charge in [-0.3, -0.25) is 9.59 Å². The molecule has 2 N–H and O–H groups in total. The first-order chi connectivity index (χ1) is 16.4. The molecule has 3 aromatic rings. The fourth-order valence-electron chi connectivity index (χ4n) is 2.92. The van der Waals surface area contributed by atoms with Gasteiger partial charge in [-0.15, -0.1) is 0 Å². The third kappa shape index (κ3) is 7.67. The molecule has 0 aliphatic carbocycles. The Morgan fingerprint density at radius 1 is 0.882 bits per heavy atom. The molecule has 2 amide bonds. The van der Waals surface area contributed by atoms with Crippen LogP contribution in [-0.4, -0.2) is 31.2 Å². The topological polar surface area (TPSA) is 103 Å². The highest BCUT2D eigenvalue weighted by molar-refractivity contribution is 6.04. The summed E-state index contributed by atoms with van der Waals surface area (Å²) in [5, 5.41) is 5.60. The normalized spacial score (nSPS) is 10.2. The van der Waals surface area contributed by atoms with Crippen molar-refractivity contribution < 1.29 is 28.6 Å². The Labute approximate surface area is 197 Å². The summed E-state index contributed by atoms with van der Waals surface area (Å²) in [6.45, 7) is 4.07. The zero-order chi connectivity index (χ0) is 24.3. The van der Waals surface area contributed by atoms with Gasteiger partial charge in [0.2, 0.25) is 0 Å². The monoisotopic (exact) mass is 462 g/mol. The van der Waals surface area contributed by atoms with E-state index in [2.05, 4.69) is 10.6 Å². The average Bonchev–Trinajstić information content (AvgIpc) is 2.83. The SMILES string of the molecule is CCOC(=O)Oc1ccc(C(=O)Nc2cccc(CNC(=O)COc3ccc(C)cc3)c2)cc1. The molecule has 0 heterocycles. The number of hydrogen-bond acceptors (Lipinski definition) is 6. The van der Waals surface area contributed by atoms with E-state index in [1.54, 1.807) is 37.3 Å². The number of rotatable bonds is 9. The standard InChI is InChI=1S/C26H26N2O6/c1-3-32-26(31)34-23-13-9-20(10-14-23)25(30)28-21-6-4-5-19(15-21)16-27-24(29)17-33-22-11-7-18(2)8-12-22/h4-15H,3,16-17H2,1-2H3,(H,27,29)(H,28,30). The van der Waals surface area contributed by atoms with Crippen molar-refractivity contribution in [3.63, 3.8) is 0 Å². The summed E-state index contributed by atoms with van der Waals surface area (Å²) in [6.07, 6.45) is -0.801. The molecule has 0 unspecified atom stereocenters. The van der Waals surface area contributed by atoms with Crippen LogP contribution < -0.4 is 20.1 Å². The maximum atomic E-state index is 12.5. The second-order valence-electron chi connectivity index (χ2n) is 7.34. The van der Waals surface area contributed by atoms with E-state index in [1.165, 1.54) is 12.1 Å². The highest BCUT2D eigenvalue weighted by Crippen LogP contribution is 2.16. The lowest BCUT2D eigenvalue weighted by Gasteiger charge is -2.10. The van der Waals surface area contributed by atoms with Crippen LogP contribution in [0.5, 0.6) is 11.5 Å². The fraction of sp³-hybridized carbons (Fsp3) is 0.192. The van der Waals surface area contributed by atoms with Crippen molar-refractivity contribution in [3.8, 4) is 11.5 Å². The van der Waals surface area contributed by atoms with Gasteiger partial charge in [0.1, 0.15) is 11.5 Å². The van der Waals surface area contributed by atoms with E-state index >= 15 is 0 Å². The van der Waals surface area contributed by atoms with Crippen molar-refractivity contribution in [2.45, 2.75) is 20.4 Å². The van der Waals surface area contributed by atoms with Gasteiger partial charge >= 0.3 is 6.16 Å². The van der Waals surface area contributed by atoms with Gasteiger partial charge in [0.05, 0.1) is 6.61 Å². The molecule has 0 radical (unpaired) electrons. The largest absolute Gasteiger partial charge is 0.513 e. The number of carbonyl (C=O) groups excluding carboxylic acids is 3. The van der Waals surface area contributed by atoms with E-state index in [0.29, 0.717) is 23.5 Å². The summed E-state index contributed by atoms with van der Waals surface area (Å²) < 4.78 is 15.2. The zero-order valence-corrected chi connectivity index (χ0v) is 19.0. The number of ether oxygens (including phenoxy) is 3. The third-order valence-corrected chi connectivity index (χ3v) is 4.65. The molecule has 0 atom stereocenters. The van der Waals surface area contributed by atoms with Crippen LogP contribution in [0.25, 0.3) is 0 Å². The lowest BCUT2D eigenvalue weighted by Crippen LogP contribution is -2.28. The van der Waals surface area contributed by atoms with E-state index in [4.69, 9.17) is 14.2 Å².